The number of nitrogens with zero attached hydrogens (tertiary/aromatic N) is 1. The highest BCUT2D eigenvalue weighted by molar-refractivity contribution is 9.10. The maximum atomic E-state index is 13.3. The molecule has 0 bridgehead atoms. The Balaban J connectivity index is 1.72. The van der Waals surface area contributed by atoms with Crippen LogP contribution in [0.3, 0.4) is 0 Å². The number of benzene rings is 3. The maximum Gasteiger partial charge on any atom is 0.265 e. The van der Waals surface area contributed by atoms with Crippen molar-refractivity contribution in [3.8, 4) is 11.1 Å². The van der Waals surface area contributed by atoms with E-state index in [-0.39, 0.29) is 11.4 Å². The van der Waals surface area contributed by atoms with Crippen LogP contribution in [0.5, 0.6) is 0 Å². The zero-order valence-electron chi connectivity index (χ0n) is 16.6. The fourth-order valence-corrected chi connectivity index (χ4v) is 5.52. The van der Waals surface area contributed by atoms with Gasteiger partial charge in [-0.05, 0) is 60.9 Å². The summed E-state index contributed by atoms with van der Waals surface area (Å²) in [5.74, 6) is -0.398. The lowest BCUT2D eigenvalue weighted by Gasteiger charge is -2.32. The topological polar surface area (TPSA) is 66.5 Å². The number of aryl methyl sites for hydroxylation is 2. The molecular formula is C23H21BrN2O3S. The molecule has 3 aromatic rings. The van der Waals surface area contributed by atoms with Gasteiger partial charge in [-0.15, -0.1) is 0 Å². The molecule has 0 radical (unpaired) electrons. The fourth-order valence-electron chi connectivity index (χ4n) is 3.62. The number of carbonyl (C=O) groups excluding carboxylic acids is 1. The van der Waals surface area contributed by atoms with E-state index in [0.717, 1.165) is 27.6 Å². The van der Waals surface area contributed by atoms with Crippen LogP contribution < -0.4 is 9.62 Å². The molecule has 4 rings (SSSR count). The molecule has 1 heterocycles. The Morgan fingerprint density at radius 2 is 1.80 bits per heavy atom. The minimum absolute atomic E-state index is 0.220. The third-order valence-corrected chi connectivity index (χ3v) is 7.92. The van der Waals surface area contributed by atoms with Gasteiger partial charge in [-0.2, -0.15) is 0 Å². The summed E-state index contributed by atoms with van der Waals surface area (Å²) in [6.07, 6.45) is 0.839. The van der Waals surface area contributed by atoms with Crippen LogP contribution >= 0.6 is 15.9 Å². The lowest BCUT2D eigenvalue weighted by molar-refractivity contribution is -0.114. The van der Waals surface area contributed by atoms with Crippen LogP contribution in [0.25, 0.3) is 11.1 Å². The zero-order valence-corrected chi connectivity index (χ0v) is 19.0. The molecule has 0 saturated carbocycles. The number of rotatable bonds is 4. The quantitative estimate of drug-likeness (QED) is 0.557. The Morgan fingerprint density at radius 3 is 2.53 bits per heavy atom. The zero-order chi connectivity index (χ0) is 21.5. The number of anilines is 2. The minimum atomic E-state index is -3.85. The second-order valence-corrected chi connectivity index (χ2v) is 9.91. The molecule has 0 spiro atoms. The summed E-state index contributed by atoms with van der Waals surface area (Å²) in [4.78, 5) is 13.0. The van der Waals surface area contributed by atoms with Crippen molar-refractivity contribution in [1.29, 1.82) is 0 Å². The number of hydrogen-bond donors (Lipinski definition) is 1. The molecule has 0 aliphatic carbocycles. The number of amides is 1. The molecule has 3 aromatic carbocycles. The van der Waals surface area contributed by atoms with Crippen molar-refractivity contribution in [2.45, 2.75) is 25.2 Å². The van der Waals surface area contributed by atoms with Gasteiger partial charge in [-0.3, -0.25) is 9.10 Å². The maximum absolute atomic E-state index is 13.3. The van der Waals surface area contributed by atoms with Crippen LogP contribution in [0.4, 0.5) is 11.4 Å². The number of carbonyl (C=O) groups is 1. The first kappa shape index (κ1) is 20.6. The molecule has 0 fully saturated rings. The van der Waals surface area contributed by atoms with Crippen molar-refractivity contribution in [3.63, 3.8) is 0 Å². The van der Waals surface area contributed by atoms with Crippen molar-refractivity contribution < 1.29 is 13.2 Å². The first-order valence-electron chi connectivity index (χ1n) is 9.62. The summed E-state index contributed by atoms with van der Waals surface area (Å²) in [6.45, 7) is 3.68. The monoisotopic (exact) mass is 484 g/mol. The summed E-state index contributed by atoms with van der Waals surface area (Å²) < 4.78 is 28.8. The van der Waals surface area contributed by atoms with Gasteiger partial charge in [0.05, 0.1) is 10.6 Å². The largest absolute Gasteiger partial charge is 0.325 e. The highest BCUT2D eigenvalue weighted by Crippen LogP contribution is 2.43. The summed E-state index contributed by atoms with van der Waals surface area (Å²) >= 11 is 3.43. The average Bonchev–Trinajstić information content (AvgIpc) is 2.73. The van der Waals surface area contributed by atoms with Crippen LogP contribution in [0.1, 0.15) is 18.1 Å². The van der Waals surface area contributed by atoms with E-state index >= 15 is 0 Å². The normalized spacial score (nSPS) is 14.0. The van der Waals surface area contributed by atoms with Crippen LogP contribution in [0.15, 0.2) is 70.0 Å². The summed E-state index contributed by atoms with van der Waals surface area (Å²) in [6, 6.07) is 18.1. The average molecular weight is 485 g/mol. The highest BCUT2D eigenvalue weighted by Gasteiger charge is 2.35. The van der Waals surface area contributed by atoms with Crippen LogP contribution in [0, 0.1) is 6.92 Å². The molecule has 5 nitrogen and oxygen atoms in total. The molecule has 0 saturated heterocycles. The predicted octanol–water partition coefficient (Wildman–Crippen LogP) is 5.13. The molecular weight excluding hydrogens is 464 g/mol. The van der Waals surface area contributed by atoms with Gasteiger partial charge in [-0.25, -0.2) is 8.42 Å². The van der Waals surface area contributed by atoms with Gasteiger partial charge in [0.1, 0.15) is 6.54 Å². The van der Waals surface area contributed by atoms with E-state index in [1.54, 1.807) is 24.3 Å². The molecule has 0 unspecified atom stereocenters. The summed E-state index contributed by atoms with van der Waals surface area (Å²) in [5.41, 5.74) is 4.72. The van der Waals surface area contributed by atoms with Crippen molar-refractivity contribution in [3.05, 3.63) is 76.3 Å². The van der Waals surface area contributed by atoms with Crippen LogP contribution in [-0.2, 0) is 21.2 Å². The Labute approximate surface area is 184 Å². The Kier molecular flexibility index (Phi) is 5.42. The summed E-state index contributed by atoms with van der Waals surface area (Å²) in [5, 5.41) is 2.81. The fraction of sp³-hybridized carbons (Fsp3) is 0.174. The highest BCUT2D eigenvalue weighted by atomic mass is 79.9. The summed E-state index contributed by atoms with van der Waals surface area (Å²) in [7, 11) is -3.85. The first-order chi connectivity index (χ1) is 14.3. The van der Waals surface area contributed by atoms with Gasteiger partial charge in [-0.1, -0.05) is 47.1 Å². The lowest BCUT2D eigenvalue weighted by Crippen LogP contribution is -2.40. The molecule has 1 aliphatic rings. The van der Waals surface area contributed by atoms with Crippen LogP contribution in [0.2, 0.25) is 0 Å². The second-order valence-electron chi connectivity index (χ2n) is 7.23. The van der Waals surface area contributed by atoms with Crippen molar-refractivity contribution in [2.24, 2.45) is 0 Å². The predicted molar refractivity (Wildman–Crippen MR) is 123 cm³/mol. The number of hydrogen-bond acceptors (Lipinski definition) is 3. The molecule has 30 heavy (non-hydrogen) atoms. The number of halogens is 1. The van der Waals surface area contributed by atoms with Gasteiger partial charge < -0.3 is 5.32 Å². The molecule has 0 atom stereocenters. The second kappa shape index (κ2) is 7.89. The number of fused-ring (bicyclic) bond motifs is 3. The van der Waals surface area contributed by atoms with E-state index in [4.69, 9.17) is 0 Å². The Hall–Kier alpha value is -2.64. The molecule has 1 amide bonds. The smallest absolute Gasteiger partial charge is 0.265 e. The van der Waals surface area contributed by atoms with E-state index in [9.17, 15) is 13.2 Å². The molecule has 154 valence electrons. The van der Waals surface area contributed by atoms with Crippen molar-refractivity contribution >= 4 is 43.2 Å². The number of sulfonamides is 1. The first-order valence-corrected chi connectivity index (χ1v) is 11.9. The van der Waals surface area contributed by atoms with Crippen molar-refractivity contribution in [1.82, 2.24) is 0 Å². The van der Waals surface area contributed by atoms with Gasteiger partial charge in [0.2, 0.25) is 5.91 Å². The van der Waals surface area contributed by atoms with Gasteiger partial charge in [0.15, 0.2) is 0 Å². The molecule has 1 N–H and O–H groups in total. The Morgan fingerprint density at radius 1 is 1.03 bits per heavy atom. The van der Waals surface area contributed by atoms with E-state index in [1.165, 1.54) is 4.31 Å². The van der Waals surface area contributed by atoms with E-state index in [2.05, 4.69) is 28.2 Å². The van der Waals surface area contributed by atoms with Gasteiger partial charge in [0, 0.05) is 21.3 Å². The molecule has 0 aromatic heterocycles. The molecule has 1 aliphatic heterocycles. The third kappa shape index (κ3) is 3.63. The van der Waals surface area contributed by atoms with E-state index in [1.807, 2.05) is 43.3 Å². The lowest BCUT2D eigenvalue weighted by atomic mass is 9.99. The SMILES string of the molecule is CCc1ccc2c(c1)-c1ccccc1S(=O)(=O)N2CC(=O)Nc1ccc(Br)c(C)c1. The van der Waals surface area contributed by atoms with Crippen LogP contribution in [-0.4, -0.2) is 20.9 Å². The van der Waals surface area contributed by atoms with Gasteiger partial charge in [0.25, 0.3) is 10.0 Å². The van der Waals surface area contributed by atoms with Crippen molar-refractivity contribution in [2.75, 3.05) is 16.2 Å². The van der Waals surface area contributed by atoms with Gasteiger partial charge >= 0.3 is 0 Å². The third-order valence-electron chi connectivity index (χ3n) is 5.21. The number of nitrogens with one attached hydrogen (secondary N) is 1. The van der Waals surface area contributed by atoms with E-state index in [0.29, 0.717) is 16.9 Å². The Bertz CT molecular complexity index is 1260. The van der Waals surface area contributed by atoms with E-state index < -0.39 is 15.9 Å². The molecule has 7 heteroatoms. The minimum Gasteiger partial charge on any atom is -0.325 e. The standard InChI is InChI=1S/C23H21BrN2O3S/c1-3-16-8-11-21-19(13-16)18-6-4-5-7-22(18)30(28,29)26(21)14-23(27)25-17-9-10-20(24)15(2)12-17/h4-13H,3,14H2,1-2H3,(H,25,27).